The molecule has 22 heavy (non-hydrogen) atoms. The maximum absolute atomic E-state index is 5.85. The van der Waals surface area contributed by atoms with Gasteiger partial charge >= 0.3 is 0 Å². The summed E-state index contributed by atoms with van der Waals surface area (Å²) in [7, 11) is 1.63. The van der Waals surface area contributed by atoms with Gasteiger partial charge in [0.2, 0.25) is 5.90 Å². The molecule has 0 saturated carbocycles. The van der Waals surface area contributed by atoms with Crippen molar-refractivity contribution in [3.05, 3.63) is 54.4 Å². The summed E-state index contributed by atoms with van der Waals surface area (Å²) >= 11 is 3.49. The summed E-state index contributed by atoms with van der Waals surface area (Å²) in [6.45, 7) is 0. The van der Waals surface area contributed by atoms with Crippen LogP contribution in [0.1, 0.15) is 11.7 Å². The van der Waals surface area contributed by atoms with Gasteiger partial charge in [-0.05, 0) is 30.3 Å². The fourth-order valence-corrected chi connectivity index (χ4v) is 2.33. The van der Waals surface area contributed by atoms with Gasteiger partial charge < -0.3 is 9.47 Å². The molecule has 0 spiro atoms. The van der Waals surface area contributed by atoms with Crippen molar-refractivity contribution in [2.45, 2.75) is 11.0 Å². The number of hydrogen-bond acceptors (Lipinski definition) is 5. The van der Waals surface area contributed by atoms with Gasteiger partial charge in [-0.1, -0.05) is 22.0 Å². The van der Waals surface area contributed by atoms with Gasteiger partial charge in [-0.25, -0.2) is 4.99 Å². The second kappa shape index (κ2) is 6.70. The van der Waals surface area contributed by atoms with Crippen LogP contribution >= 0.6 is 15.9 Å². The lowest BCUT2D eigenvalue weighted by molar-refractivity contribution is 0.413. The third-order valence-electron chi connectivity index (χ3n) is 3.11. The Kier molecular flexibility index (Phi) is 4.48. The maximum atomic E-state index is 5.85. The molecule has 2 aromatic rings. The third kappa shape index (κ3) is 3.33. The Labute approximate surface area is 136 Å². The highest BCUT2D eigenvalue weighted by molar-refractivity contribution is 9.10. The number of aliphatic imine (C=N–C) groups is 2. The zero-order valence-corrected chi connectivity index (χ0v) is 13.5. The van der Waals surface area contributed by atoms with Crippen molar-refractivity contribution in [2.24, 2.45) is 9.98 Å². The van der Waals surface area contributed by atoms with Crippen LogP contribution in [0.25, 0.3) is 0 Å². The number of hydrogen-bond donors (Lipinski definition) is 0. The first-order chi connectivity index (χ1) is 10.8. The van der Waals surface area contributed by atoms with E-state index in [1.807, 2.05) is 36.4 Å². The lowest BCUT2D eigenvalue weighted by Crippen LogP contribution is -2.26. The van der Waals surface area contributed by atoms with Crippen LogP contribution in [0, 0.1) is 0 Å². The van der Waals surface area contributed by atoms with Gasteiger partial charge in [0, 0.05) is 24.2 Å². The highest BCUT2D eigenvalue weighted by Gasteiger charge is 2.21. The van der Waals surface area contributed by atoms with Gasteiger partial charge in [-0.15, -0.1) is 0 Å². The Morgan fingerprint density at radius 3 is 2.55 bits per heavy atom. The Morgan fingerprint density at radius 2 is 1.86 bits per heavy atom. The standard InChI is InChI=1S/C16H14BrN3O2/c1-21-12-4-6-13(7-5-12)22-16-14(17)10-19-15(20-16)11-3-2-8-18-9-11/h2-10,14-15H,1H3. The lowest BCUT2D eigenvalue weighted by atomic mass is 10.2. The van der Waals surface area contributed by atoms with Gasteiger partial charge in [-0.2, -0.15) is 0 Å². The van der Waals surface area contributed by atoms with Crippen LogP contribution in [0.3, 0.4) is 0 Å². The SMILES string of the molecule is COc1ccc(OC2=NC(c3cccnc3)N=CC2Br)cc1. The molecule has 1 aliphatic rings. The number of nitrogens with zero attached hydrogens (tertiary/aromatic N) is 3. The van der Waals surface area contributed by atoms with E-state index < -0.39 is 0 Å². The third-order valence-corrected chi connectivity index (χ3v) is 3.74. The van der Waals surface area contributed by atoms with E-state index in [4.69, 9.17) is 9.47 Å². The fraction of sp³-hybridized carbons (Fsp3) is 0.188. The molecule has 0 amide bonds. The molecular weight excluding hydrogens is 346 g/mol. The molecule has 1 aromatic heterocycles. The Hall–Kier alpha value is -2.21. The highest BCUT2D eigenvalue weighted by atomic mass is 79.9. The molecule has 0 N–H and O–H groups in total. The largest absolute Gasteiger partial charge is 0.497 e. The Bertz CT molecular complexity index is 686. The Morgan fingerprint density at radius 1 is 1.09 bits per heavy atom. The van der Waals surface area contributed by atoms with Crippen LogP contribution < -0.4 is 9.47 Å². The zero-order chi connectivity index (χ0) is 15.4. The minimum atomic E-state index is -0.323. The molecular formula is C16H14BrN3O2. The summed E-state index contributed by atoms with van der Waals surface area (Å²) in [6, 6.07) is 11.2. The maximum Gasteiger partial charge on any atom is 0.211 e. The van der Waals surface area contributed by atoms with Crippen LogP contribution in [0.5, 0.6) is 11.5 Å². The van der Waals surface area contributed by atoms with Crippen LogP contribution in [-0.2, 0) is 0 Å². The number of methoxy groups -OCH3 is 1. The number of benzene rings is 1. The van der Waals surface area contributed by atoms with Gasteiger partial charge in [0.05, 0.1) is 7.11 Å². The normalized spacial score (nSPS) is 20.4. The quantitative estimate of drug-likeness (QED) is 0.789. The number of ether oxygens (including phenoxy) is 2. The summed E-state index contributed by atoms with van der Waals surface area (Å²) in [5.74, 6) is 2.04. The molecule has 1 aromatic carbocycles. The van der Waals surface area contributed by atoms with Crippen molar-refractivity contribution in [3.63, 3.8) is 0 Å². The summed E-state index contributed by atoms with van der Waals surface area (Å²) in [6.07, 6.45) is 4.94. The number of alkyl halides is 1. The second-order valence-corrected chi connectivity index (χ2v) is 5.59. The van der Waals surface area contributed by atoms with Gasteiger partial charge in [0.25, 0.3) is 0 Å². The van der Waals surface area contributed by atoms with Crippen molar-refractivity contribution in [1.82, 2.24) is 4.98 Å². The number of halogens is 1. The fourth-order valence-electron chi connectivity index (χ4n) is 1.98. The Balaban J connectivity index is 1.80. The predicted octanol–water partition coefficient (Wildman–Crippen LogP) is 3.41. The molecule has 3 rings (SSSR count). The monoisotopic (exact) mass is 359 g/mol. The average Bonchev–Trinajstić information content (AvgIpc) is 2.58. The van der Waals surface area contributed by atoms with Gasteiger partial charge in [-0.3, -0.25) is 9.98 Å². The number of aromatic nitrogens is 1. The molecule has 0 fully saturated rings. The van der Waals surface area contributed by atoms with E-state index >= 15 is 0 Å². The number of pyridine rings is 1. The lowest BCUT2D eigenvalue weighted by Gasteiger charge is -2.19. The first-order valence-corrected chi connectivity index (χ1v) is 7.65. The summed E-state index contributed by atoms with van der Waals surface area (Å²) < 4.78 is 11.0. The zero-order valence-electron chi connectivity index (χ0n) is 11.9. The molecule has 2 atom stereocenters. The molecule has 0 saturated heterocycles. The first kappa shape index (κ1) is 14.7. The topological polar surface area (TPSA) is 56.1 Å². The van der Waals surface area contributed by atoms with Crippen molar-refractivity contribution in [2.75, 3.05) is 7.11 Å². The molecule has 0 bridgehead atoms. The summed E-state index contributed by atoms with van der Waals surface area (Å²) in [5, 5.41) is 0. The van der Waals surface area contributed by atoms with E-state index in [0.717, 1.165) is 11.3 Å². The molecule has 1 aliphatic heterocycles. The summed E-state index contributed by atoms with van der Waals surface area (Å²) in [4.78, 5) is 12.9. The molecule has 0 radical (unpaired) electrons. The summed E-state index contributed by atoms with van der Waals surface area (Å²) in [5.41, 5.74) is 0.925. The second-order valence-electron chi connectivity index (χ2n) is 4.60. The molecule has 6 heteroatoms. The van der Waals surface area contributed by atoms with E-state index in [1.54, 1.807) is 25.7 Å². The minimum Gasteiger partial charge on any atom is -0.497 e. The smallest absolute Gasteiger partial charge is 0.211 e. The van der Waals surface area contributed by atoms with Crippen molar-refractivity contribution in [3.8, 4) is 11.5 Å². The minimum absolute atomic E-state index is 0.150. The van der Waals surface area contributed by atoms with Crippen molar-refractivity contribution < 1.29 is 9.47 Å². The van der Waals surface area contributed by atoms with E-state index in [2.05, 4.69) is 30.9 Å². The van der Waals surface area contributed by atoms with E-state index in [0.29, 0.717) is 11.6 Å². The van der Waals surface area contributed by atoms with Gasteiger partial charge in [0.15, 0.2) is 6.17 Å². The average molecular weight is 360 g/mol. The van der Waals surface area contributed by atoms with E-state index in [-0.39, 0.29) is 11.0 Å². The van der Waals surface area contributed by atoms with E-state index in [9.17, 15) is 0 Å². The van der Waals surface area contributed by atoms with Crippen molar-refractivity contribution >= 4 is 28.0 Å². The first-order valence-electron chi connectivity index (χ1n) is 6.73. The molecule has 112 valence electrons. The van der Waals surface area contributed by atoms with Crippen LogP contribution in [0.15, 0.2) is 58.8 Å². The predicted molar refractivity (Wildman–Crippen MR) is 89.2 cm³/mol. The molecule has 5 nitrogen and oxygen atoms in total. The number of rotatable bonds is 3. The van der Waals surface area contributed by atoms with Crippen molar-refractivity contribution in [1.29, 1.82) is 0 Å². The van der Waals surface area contributed by atoms with Crippen LogP contribution in [0.4, 0.5) is 0 Å². The highest BCUT2D eigenvalue weighted by Crippen LogP contribution is 2.25. The molecule has 0 aliphatic carbocycles. The van der Waals surface area contributed by atoms with Crippen LogP contribution in [-0.4, -0.2) is 29.0 Å². The van der Waals surface area contributed by atoms with E-state index in [1.165, 1.54) is 0 Å². The van der Waals surface area contributed by atoms with Gasteiger partial charge in [0.1, 0.15) is 16.3 Å². The van der Waals surface area contributed by atoms with Crippen LogP contribution in [0.2, 0.25) is 0 Å². The molecule has 2 unspecified atom stereocenters. The molecule has 2 heterocycles.